The molecule has 0 aliphatic heterocycles. The van der Waals surface area contributed by atoms with Crippen LogP contribution in [0.5, 0.6) is 0 Å². The van der Waals surface area contributed by atoms with Gasteiger partial charge in [-0.25, -0.2) is 0 Å². The Hall–Kier alpha value is -2.62. The molecule has 0 saturated heterocycles. The van der Waals surface area contributed by atoms with Crippen molar-refractivity contribution in [1.29, 1.82) is 0 Å². The molecule has 0 fully saturated rings. The Labute approximate surface area is 229 Å². The molecule has 36 heavy (non-hydrogen) atoms. The number of rotatable bonds is 11. The maximum absolute atomic E-state index is 13.0. The van der Waals surface area contributed by atoms with Crippen LogP contribution in [0, 0.1) is 12.8 Å². The maximum Gasteiger partial charge on any atom is 0.253 e. The minimum atomic E-state index is -0.393. The highest BCUT2D eigenvalue weighted by molar-refractivity contribution is 9.10. The molecule has 0 unspecified atom stereocenters. The van der Waals surface area contributed by atoms with Gasteiger partial charge in [0, 0.05) is 16.7 Å². The quantitative estimate of drug-likeness (QED) is 0.198. The summed E-state index contributed by atoms with van der Waals surface area (Å²) in [5.41, 5.74) is 2.16. The standard InChI is InChI=1S/C26H29BrClN5O2S/c1-5-12-33-24(22(13-16(2)3)30-25(35)19-8-6-7-9-21(19)28)31-32-26(33)36-15-23(34)29-18-10-11-20(27)17(4)14-18/h5-11,14,16,22H,1,12-13,15H2,2-4H3,(H,29,34)(H,30,35)/t22-/m0/s1. The third kappa shape index (κ3) is 7.44. The molecule has 10 heteroatoms. The average molecular weight is 591 g/mol. The van der Waals surface area contributed by atoms with Gasteiger partial charge in [-0.15, -0.1) is 16.8 Å². The Morgan fingerprint density at radius 2 is 1.97 bits per heavy atom. The molecule has 0 saturated carbocycles. The fourth-order valence-corrected chi connectivity index (χ4v) is 4.82. The maximum atomic E-state index is 13.0. The number of benzene rings is 2. The van der Waals surface area contributed by atoms with Gasteiger partial charge in [0.2, 0.25) is 5.91 Å². The summed E-state index contributed by atoms with van der Waals surface area (Å²) in [6, 6.07) is 12.2. The van der Waals surface area contributed by atoms with Crippen LogP contribution in [0.2, 0.25) is 5.02 Å². The van der Waals surface area contributed by atoms with Gasteiger partial charge in [0.1, 0.15) is 0 Å². The van der Waals surface area contributed by atoms with E-state index in [1.165, 1.54) is 11.8 Å². The number of carbonyl (C=O) groups excluding carboxylic acids is 2. The van der Waals surface area contributed by atoms with Crippen molar-refractivity contribution in [3.63, 3.8) is 0 Å². The minimum absolute atomic E-state index is 0.151. The first-order chi connectivity index (χ1) is 17.2. The third-order valence-electron chi connectivity index (χ3n) is 5.27. The van der Waals surface area contributed by atoms with Gasteiger partial charge in [-0.2, -0.15) is 0 Å². The molecule has 2 amide bonds. The number of allylic oxidation sites excluding steroid dienone is 1. The molecule has 0 aliphatic rings. The molecule has 0 radical (unpaired) electrons. The van der Waals surface area contributed by atoms with Crippen LogP contribution in [0.1, 0.15) is 48.1 Å². The number of aryl methyl sites for hydroxylation is 1. The van der Waals surface area contributed by atoms with Crippen molar-refractivity contribution in [1.82, 2.24) is 20.1 Å². The van der Waals surface area contributed by atoms with Gasteiger partial charge in [0.05, 0.1) is 22.4 Å². The first-order valence-electron chi connectivity index (χ1n) is 11.5. The first kappa shape index (κ1) is 28.0. The molecular weight excluding hydrogens is 562 g/mol. The van der Waals surface area contributed by atoms with E-state index in [9.17, 15) is 9.59 Å². The smallest absolute Gasteiger partial charge is 0.253 e. The largest absolute Gasteiger partial charge is 0.342 e. The summed E-state index contributed by atoms with van der Waals surface area (Å²) in [4.78, 5) is 25.6. The molecule has 2 N–H and O–H groups in total. The Bertz CT molecular complexity index is 1250. The summed E-state index contributed by atoms with van der Waals surface area (Å²) in [5.74, 6) is 0.618. The van der Waals surface area contributed by atoms with E-state index in [1.807, 2.05) is 29.7 Å². The van der Waals surface area contributed by atoms with E-state index in [1.54, 1.807) is 30.3 Å². The zero-order chi connectivity index (χ0) is 26.2. The zero-order valence-corrected chi connectivity index (χ0v) is 23.6. The van der Waals surface area contributed by atoms with Crippen molar-refractivity contribution in [2.75, 3.05) is 11.1 Å². The van der Waals surface area contributed by atoms with Crippen LogP contribution >= 0.6 is 39.3 Å². The third-order valence-corrected chi connectivity index (χ3v) is 7.46. The molecule has 0 aliphatic carbocycles. The predicted molar refractivity (Wildman–Crippen MR) is 150 cm³/mol. The van der Waals surface area contributed by atoms with E-state index in [-0.39, 0.29) is 23.5 Å². The monoisotopic (exact) mass is 589 g/mol. The summed E-state index contributed by atoms with van der Waals surface area (Å²) in [7, 11) is 0. The number of nitrogens with one attached hydrogen (secondary N) is 2. The second kappa shape index (κ2) is 13.1. The van der Waals surface area contributed by atoms with Crippen molar-refractivity contribution >= 4 is 56.8 Å². The molecule has 1 aromatic heterocycles. The molecule has 1 heterocycles. The lowest BCUT2D eigenvalue weighted by Crippen LogP contribution is -2.32. The average Bonchev–Trinajstić information content (AvgIpc) is 3.22. The van der Waals surface area contributed by atoms with Gasteiger partial charge in [-0.1, -0.05) is 71.3 Å². The van der Waals surface area contributed by atoms with E-state index < -0.39 is 6.04 Å². The topological polar surface area (TPSA) is 88.9 Å². The molecule has 7 nitrogen and oxygen atoms in total. The number of carbonyl (C=O) groups is 2. The van der Waals surface area contributed by atoms with E-state index in [2.05, 4.69) is 57.2 Å². The van der Waals surface area contributed by atoms with E-state index in [0.717, 1.165) is 15.7 Å². The van der Waals surface area contributed by atoms with Crippen molar-refractivity contribution < 1.29 is 9.59 Å². The number of halogens is 2. The van der Waals surface area contributed by atoms with Crippen molar-refractivity contribution in [3.05, 3.63) is 81.6 Å². The van der Waals surface area contributed by atoms with E-state index >= 15 is 0 Å². The summed E-state index contributed by atoms with van der Waals surface area (Å²) >= 11 is 11.0. The van der Waals surface area contributed by atoms with Crippen molar-refractivity contribution in [2.24, 2.45) is 5.92 Å². The lowest BCUT2D eigenvalue weighted by Gasteiger charge is -2.21. The summed E-state index contributed by atoms with van der Waals surface area (Å²) in [6.07, 6.45) is 2.39. The highest BCUT2D eigenvalue weighted by atomic mass is 79.9. The lowest BCUT2D eigenvalue weighted by molar-refractivity contribution is -0.113. The van der Waals surface area contributed by atoms with Crippen molar-refractivity contribution in [3.8, 4) is 0 Å². The van der Waals surface area contributed by atoms with E-state index in [0.29, 0.717) is 34.5 Å². The molecule has 2 aromatic carbocycles. The Morgan fingerprint density at radius 1 is 1.22 bits per heavy atom. The fraction of sp³-hybridized carbons (Fsp3) is 0.308. The second-order valence-corrected chi connectivity index (χ2v) is 10.9. The SMILES string of the molecule is C=CCn1c(SCC(=O)Nc2ccc(Br)c(C)c2)nnc1[C@H](CC(C)C)NC(=O)c1ccccc1Cl. The van der Waals surface area contributed by atoms with Crippen LogP contribution < -0.4 is 10.6 Å². The molecule has 0 spiro atoms. The molecule has 3 aromatic rings. The summed E-state index contributed by atoms with van der Waals surface area (Å²) < 4.78 is 2.87. The van der Waals surface area contributed by atoms with Gasteiger partial charge in [0.15, 0.2) is 11.0 Å². The first-order valence-corrected chi connectivity index (χ1v) is 13.6. The molecule has 1 atom stereocenters. The van der Waals surface area contributed by atoms with Gasteiger partial charge < -0.3 is 15.2 Å². The Morgan fingerprint density at radius 3 is 2.64 bits per heavy atom. The molecular formula is C26H29BrClN5O2S. The molecule has 3 rings (SSSR count). The zero-order valence-electron chi connectivity index (χ0n) is 20.4. The van der Waals surface area contributed by atoms with Crippen LogP contribution in [0.15, 0.2) is 64.7 Å². The number of amides is 2. The number of hydrogen-bond donors (Lipinski definition) is 2. The van der Waals surface area contributed by atoms with Crippen LogP contribution in [-0.2, 0) is 11.3 Å². The second-order valence-electron chi connectivity index (χ2n) is 8.68. The highest BCUT2D eigenvalue weighted by Gasteiger charge is 2.25. The predicted octanol–water partition coefficient (Wildman–Crippen LogP) is 6.44. The van der Waals surface area contributed by atoms with Crippen LogP contribution in [-0.4, -0.2) is 32.3 Å². The highest BCUT2D eigenvalue weighted by Crippen LogP contribution is 2.27. The number of aromatic nitrogens is 3. The van der Waals surface area contributed by atoms with Gasteiger partial charge in [-0.05, 0) is 55.2 Å². The van der Waals surface area contributed by atoms with Gasteiger partial charge in [-0.3, -0.25) is 9.59 Å². The van der Waals surface area contributed by atoms with Gasteiger partial charge in [0.25, 0.3) is 5.91 Å². The van der Waals surface area contributed by atoms with Gasteiger partial charge >= 0.3 is 0 Å². The van der Waals surface area contributed by atoms with Crippen LogP contribution in [0.25, 0.3) is 0 Å². The number of nitrogens with zero attached hydrogens (tertiary/aromatic N) is 3. The minimum Gasteiger partial charge on any atom is -0.342 e. The fourth-order valence-electron chi connectivity index (χ4n) is 3.60. The summed E-state index contributed by atoms with van der Waals surface area (Å²) in [5, 5.41) is 15.7. The number of hydrogen-bond acceptors (Lipinski definition) is 5. The van der Waals surface area contributed by atoms with Crippen LogP contribution in [0.4, 0.5) is 5.69 Å². The van der Waals surface area contributed by atoms with Crippen LogP contribution in [0.3, 0.4) is 0 Å². The number of anilines is 1. The Kier molecular flexibility index (Phi) is 10.2. The summed E-state index contributed by atoms with van der Waals surface area (Å²) in [6.45, 7) is 10.4. The molecule has 0 bridgehead atoms. The lowest BCUT2D eigenvalue weighted by atomic mass is 10.0. The normalized spacial score (nSPS) is 11.8. The molecule has 190 valence electrons. The Balaban J connectivity index is 1.77. The van der Waals surface area contributed by atoms with Crippen molar-refractivity contribution in [2.45, 2.75) is 44.9 Å². The van der Waals surface area contributed by atoms with E-state index in [4.69, 9.17) is 11.6 Å². The number of thioether (sulfide) groups is 1.